The van der Waals surface area contributed by atoms with Gasteiger partial charge in [0.2, 0.25) is 0 Å². The summed E-state index contributed by atoms with van der Waals surface area (Å²) in [5.74, 6) is 0.110. The van der Waals surface area contributed by atoms with Crippen molar-refractivity contribution in [3.05, 3.63) is 12.2 Å². The van der Waals surface area contributed by atoms with Crippen LogP contribution in [0, 0.1) is 0 Å². The molecule has 4 nitrogen and oxygen atoms in total. The van der Waals surface area contributed by atoms with Gasteiger partial charge >= 0.3 is 0 Å². The molecule has 0 aromatic heterocycles. The lowest BCUT2D eigenvalue weighted by atomic mass is 10.1. The maximum absolute atomic E-state index is 5.65. The van der Waals surface area contributed by atoms with E-state index in [4.69, 9.17) is 17.2 Å². The number of nitrogens with two attached hydrogens (primary N) is 3. The van der Waals surface area contributed by atoms with Crippen molar-refractivity contribution in [1.29, 1.82) is 0 Å². The van der Waals surface area contributed by atoms with E-state index in [1.807, 2.05) is 6.92 Å². The molecule has 0 amide bonds. The summed E-state index contributed by atoms with van der Waals surface area (Å²) in [6, 6.07) is -0.00176. The third-order valence-corrected chi connectivity index (χ3v) is 1.37. The highest BCUT2D eigenvalue weighted by Gasteiger charge is 2.00. The molecule has 0 aromatic carbocycles. The zero-order valence-corrected chi connectivity index (χ0v) is 6.88. The fourth-order valence-corrected chi connectivity index (χ4v) is 0.579. The van der Waals surface area contributed by atoms with Crippen LogP contribution in [-0.2, 0) is 0 Å². The van der Waals surface area contributed by atoms with Crippen molar-refractivity contribution in [3.8, 4) is 0 Å². The van der Waals surface area contributed by atoms with Crippen LogP contribution in [0.3, 0.4) is 0 Å². The van der Waals surface area contributed by atoms with Gasteiger partial charge in [-0.1, -0.05) is 12.2 Å². The normalized spacial score (nSPS) is 12.2. The number of aliphatic imine (C=N–C) groups is 1. The predicted molar refractivity (Wildman–Crippen MR) is 48.1 cm³/mol. The van der Waals surface area contributed by atoms with Gasteiger partial charge in [0.15, 0.2) is 5.96 Å². The minimum Gasteiger partial charge on any atom is -0.370 e. The van der Waals surface area contributed by atoms with E-state index in [9.17, 15) is 0 Å². The molecule has 1 atom stereocenters. The zero-order valence-electron chi connectivity index (χ0n) is 6.88. The van der Waals surface area contributed by atoms with Crippen molar-refractivity contribution in [1.82, 2.24) is 0 Å². The Morgan fingerprint density at radius 1 is 1.55 bits per heavy atom. The Balaban J connectivity index is 3.55. The average molecular weight is 156 g/mol. The molecule has 0 aliphatic heterocycles. The molecule has 0 heterocycles. The number of guanidine groups is 1. The van der Waals surface area contributed by atoms with Gasteiger partial charge in [-0.2, -0.15) is 0 Å². The molecule has 0 spiro atoms. The number of rotatable bonds is 4. The average Bonchev–Trinajstić information content (AvgIpc) is 1.86. The zero-order chi connectivity index (χ0) is 8.85. The molecular weight excluding hydrogens is 140 g/mol. The molecule has 0 bridgehead atoms. The highest BCUT2D eigenvalue weighted by molar-refractivity contribution is 5.75. The summed E-state index contributed by atoms with van der Waals surface area (Å²) in [4.78, 5) is 3.80. The van der Waals surface area contributed by atoms with Crippen LogP contribution in [0.15, 0.2) is 17.1 Å². The van der Waals surface area contributed by atoms with Crippen LogP contribution < -0.4 is 17.2 Å². The minimum absolute atomic E-state index is 0.00176. The summed E-state index contributed by atoms with van der Waals surface area (Å²) in [6.45, 7) is 6.17. The van der Waals surface area contributed by atoms with Crippen LogP contribution in [0.5, 0.6) is 0 Å². The second kappa shape index (κ2) is 4.73. The lowest BCUT2D eigenvalue weighted by molar-refractivity contribution is 0.700. The maximum Gasteiger partial charge on any atom is 0.185 e. The van der Waals surface area contributed by atoms with E-state index < -0.39 is 0 Å². The summed E-state index contributed by atoms with van der Waals surface area (Å²) in [7, 11) is 0. The molecule has 0 saturated carbocycles. The molecule has 0 unspecified atom stereocenters. The van der Waals surface area contributed by atoms with E-state index in [1.165, 1.54) is 0 Å². The van der Waals surface area contributed by atoms with E-state index in [0.29, 0.717) is 6.54 Å². The van der Waals surface area contributed by atoms with Gasteiger partial charge < -0.3 is 17.2 Å². The van der Waals surface area contributed by atoms with E-state index >= 15 is 0 Å². The van der Waals surface area contributed by atoms with Crippen LogP contribution in [0.2, 0.25) is 0 Å². The molecule has 0 radical (unpaired) electrons. The third-order valence-electron chi connectivity index (χ3n) is 1.37. The third kappa shape index (κ3) is 5.42. The summed E-state index contributed by atoms with van der Waals surface area (Å²) in [5.41, 5.74) is 16.8. The van der Waals surface area contributed by atoms with E-state index in [2.05, 4.69) is 11.6 Å². The molecule has 0 saturated heterocycles. The highest BCUT2D eigenvalue weighted by atomic mass is 15.0. The van der Waals surface area contributed by atoms with Gasteiger partial charge in [-0.15, -0.1) is 0 Å². The maximum atomic E-state index is 5.65. The first-order valence-electron chi connectivity index (χ1n) is 3.50. The monoisotopic (exact) mass is 156 g/mol. The SMILES string of the molecule is C=C(C)[C@H](N)CCN=C(N)N. The summed E-state index contributed by atoms with van der Waals surface area (Å²) < 4.78 is 0. The lowest BCUT2D eigenvalue weighted by Gasteiger charge is -2.08. The largest absolute Gasteiger partial charge is 0.370 e. The van der Waals surface area contributed by atoms with Gasteiger partial charge in [-0.3, -0.25) is 4.99 Å². The number of nitrogens with zero attached hydrogens (tertiary/aromatic N) is 1. The summed E-state index contributed by atoms with van der Waals surface area (Å²) in [5, 5.41) is 0. The molecule has 11 heavy (non-hydrogen) atoms. The van der Waals surface area contributed by atoms with Gasteiger partial charge in [0.25, 0.3) is 0 Å². The van der Waals surface area contributed by atoms with Crippen molar-refractivity contribution in [2.45, 2.75) is 19.4 Å². The second-order valence-electron chi connectivity index (χ2n) is 2.55. The van der Waals surface area contributed by atoms with Crippen LogP contribution in [0.25, 0.3) is 0 Å². The molecule has 0 aliphatic rings. The standard InChI is InChI=1S/C7H16N4/c1-5(2)6(8)3-4-11-7(9)10/h6H,1,3-4,8H2,2H3,(H4,9,10,11)/t6-/m1/s1. The van der Waals surface area contributed by atoms with Gasteiger partial charge in [0, 0.05) is 12.6 Å². The molecule has 4 heteroatoms. The first kappa shape index (κ1) is 9.97. The second-order valence-corrected chi connectivity index (χ2v) is 2.55. The first-order chi connectivity index (χ1) is 5.04. The summed E-state index contributed by atoms with van der Waals surface area (Å²) in [6.07, 6.45) is 0.743. The van der Waals surface area contributed by atoms with Crippen molar-refractivity contribution >= 4 is 5.96 Å². The molecule has 0 aliphatic carbocycles. The molecular formula is C7H16N4. The Kier molecular flexibility index (Phi) is 4.29. The van der Waals surface area contributed by atoms with Crippen molar-refractivity contribution in [2.24, 2.45) is 22.2 Å². The quantitative estimate of drug-likeness (QED) is 0.292. The predicted octanol–water partition coefficient (Wildman–Crippen LogP) is -0.447. The van der Waals surface area contributed by atoms with Gasteiger partial charge in [-0.05, 0) is 13.3 Å². The highest BCUT2D eigenvalue weighted by Crippen LogP contribution is 1.98. The molecule has 64 valence electrons. The Hall–Kier alpha value is -1.03. The van der Waals surface area contributed by atoms with Crippen molar-refractivity contribution in [2.75, 3.05) is 6.54 Å². The molecule has 0 fully saturated rings. The fourth-order valence-electron chi connectivity index (χ4n) is 0.579. The van der Waals surface area contributed by atoms with Crippen LogP contribution in [0.1, 0.15) is 13.3 Å². The van der Waals surface area contributed by atoms with Gasteiger partial charge in [0.05, 0.1) is 0 Å². The van der Waals surface area contributed by atoms with Gasteiger partial charge in [0.1, 0.15) is 0 Å². The smallest absolute Gasteiger partial charge is 0.185 e. The van der Waals surface area contributed by atoms with E-state index in [0.717, 1.165) is 12.0 Å². The Morgan fingerprint density at radius 2 is 2.09 bits per heavy atom. The van der Waals surface area contributed by atoms with E-state index in [1.54, 1.807) is 0 Å². The Labute approximate surface area is 67.2 Å². The lowest BCUT2D eigenvalue weighted by Crippen LogP contribution is -2.25. The van der Waals surface area contributed by atoms with Crippen molar-refractivity contribution < 1.29 is 0 Å². The topological polar surface area (TPSA) is 90.4 Å². The molecule has 0 rings (SSSR count). The molecule has 0 aromatic rings. The summed E-state index contributed by atoms with van der Waals surface area (Å²) >= 11 is 0. The first-order valence-corrected chi connectivity index (χ1v) is 3.50. The molecule has 6 N–H and O–H groups in total. The van der Waals surface area contributed by atoms with E-state index in [-0.39, 0.29) is 12.0 Å². The number of hydrogen-bond donors (Lipinski definition) is 3. The van der Waals surface area contributed by atoms with Crippen molar-refractivity contribution in [3.63, 3.8) is 0 Å². The van der Waals surface area contributed by atoms with Crippen LogP contribution in [0.4, 0.5) is 0 Å². The Bertz CT molecular complexity index is 158. The van der Waals surface area contributed by atoms with Crippen LogP contribution in [-0.4, -0.2) is 18.5 Å². The fraction of sp³-hybridized carbons (Fsp3) is 0.571. The van der Waals surface area contributed by atoms with Gasteiger partial charge in [-0.25, -0.2) is 0 Å². The minimum atomic E-state index is -0.00176. The Morgan fingerprint density at radius 3 is 2.45 bits per heavy atom. The van der Waals surface area contributed by atoms with Crippen LogP contribution >= 0.6 is 0 Å². The number of hydrogen-bond acceptors (Lipinski definition) is 2.